The van der Waals surface area contributed by atoms with Crippen molar-refractivity contribution in [2.24, 2.45) is 5.73 Å². The first-order chi connectivity index (χ1) is 8.36. The molecule has 0 saturated carbocycles. The first-order valence-electron chi connectivity index (χ1n) is 6.67. The SMILES string of the molecule is CC(C)c1ncc(NCCCN)c(C(C)(C)C)n1. The van der Waals surface area contributed by atoms with Gasteiger partial charge in [0.1, 0.15) is 5.82 Å². The van der Waals surface area contributed by atoms with E-state index in [2.05, 4.69) is 44.9 Å². The van der Waals surface area contributed by atoms with Crippen LogP contribution >= 0.6 is 0 Å². The maximum atomic E-state index is 5.51. The summed E-state index contributed by atoms with van der Waals surface area (Å²) in [6, 6.07) is 0. The molecule has 0 saturated heterocycles. The zero-order valence-electron chi connectivity index (χ0n) is 12.2. The van der Waals surface area contributed by atoms with Crippen LogP contribution in [0, 0.1) is 0 Å². The van der Waals surface area contributed by atoms with Gasteiger partial charge in [0.05, 0.1) is 17.6 Å². The largest absolute Gasteiger partial charge is 0.382 e. The molecule has 0 radical (unpaired) electrons. The summed E-state index contributed by atoms with van der Waals surface area (Å²) in [5, 5.41) is 3.38. The van der Waals surface area contributed by atoms with Crippen molar-refractivity contribution in [3.05, 3.63) is 17.7 Å². The Kier molecular flexibility index (Phi) is 5.08. The average Bonchev–Trinajstić information content (AvgIpc) is 2.28. The molecule has 3 N–H and O–H groups in total. The number of aromatic nitrogens is 2. The predicted octanol–water partition coefficient (Wildman–Crippen LogP) is 2.66. The molecule has 0 aliphatic heterocycles. The molecule has 0 aliphatic carbocycles. The average molecular weight is 250 g/mol. The minimum Gasteiger partial charge on any atom is -0.382 e. The summed E-state index contributed by atoms with van der Waals surface area (Å²) in [7, 11) is 0. The van der Waals surface area contributed by atoms with Crippen LogP contribution < -0.4 is 11.1 Å². The van der Waals surface area contributed by atoms with E-state index in [1.165, 1.54) is 0 Å². The summed E-state index contributed by atoms with van der Waals surface area (Å²) < 4.78 is 0. The third-order valence-corrected chi connectivity index (χ3v) is 2.73. The maximum absolute atomic E-state index is 5.51. The van der Waals surface area contributed by atoms with Crippen LogP contribution in [-0.2, 0) is 5.41 Å². The zero-order valence-corrected chi connectivity index (χ0v) is 12.2. The molecule has 0 fully saturated rings. The van der Waals surface area contributed by atoms with Gasteiger partial charge in [0.2, 0.25) is 0 Å². The Morgan fingerprint density at radius 1 is 1.33 bits per heavy atom. The number of anilines is 1. The van der Waals surface area contributed by atoms with E-state index in [0.717, 1.165) is 30.2 Å². The number of hydrogen-bond acceptors (Lipinski definition) is 4. The molecule has 0 spiro atoms. The van der Waals surface area contributed by atoms with Gasteiger partial charge in [-0.15, -0.1) is 0 Å². The fourth-order valence-electron chi connectivity index (χ4n) is 1.70. The first kappa shape index (κ1) is 14.9. The maximum Gasteiger partial charge on any atom is 0.131 e. The lowest BCUT2D eigenvalue weighted by Gasteiger charge is -2.23. The molecule has 1 heterocycles. The van der Waals surface area contributed by atoms with E-state index in [-0.39, 0.29) is 5.41 Å². The predicted molar refractivity (Wildman–Crippen MR) is 77.0 cm³/mol. The lowest BCUT2D eigenvalue weighted by molar-refractivity contribution is 0.560. The van der Waals surface area contributed by atoms with Crippen LogP contribution in [0.1, 0.15) is 58.5 Å². The van der Waals surface area contributed by atoms with Crippen molar-refractivity contribution in [2.45, 2.75) is 52.4 Å². The molecular weight excluding hydrogens is 224 g/mol. The van der Waals surface area contributed by atoms with E-state index >= 15 is 0 Å². The van der Waals surface area contributed by atoms with Gasteiger partial charge >= 0.3 is 0 Å². The van der Waals surface area contributed by atoms with Crippen molar-refractivity contribution >= 4 is 5.69 Å². The van der Waals surface area contributed by atoms with Gasteiger partial charge in [-0.2, -0.15) is 0 Å². The van der Waals surface area contributed by atoms with Gasteiger partial charge in [0.15, 0.2) is 0 Å². The molecule has 18 heavy (non-hydrogen) atoms. The second kappa shape index (κ2) is 6.14. The van der Waals surface area contributed by atoms with Crippen LogP contribution in [0.2, 0.25) is 0 Å². The molecule has 0 unspecified atom stereocenters. The molecular formula is C14H26N4. The highest BCUT2D eigenvalue weighted by atomic mass is 15.0. The van der Waals surface area contributed by atoms with E-state index in [0.29, 0.717) is 12.5 Å². The molecule has 4 nitrogen and oxygen atoms in total. The van der Waals surface area contributed by atoms with Crippen LogP contribution in [0.5, 0.6) is 0 Å². The Hall–Kier alpha value is -1.16. The number of nitrogens with two attached hydrogens (primary N) is 1. The standard InChI is InChI=1S/C14H26N4/c1-10(2)13-17-9-11(16-8-6-7-15)12(18-13)14(3,4)5/h9-10,16H,6-8,15H2,1-5H3. The van der Waals surface area contributed by atoms with E-state index in [4.69, 9.17) is 10.7 Å². The number of nitrogens with zero attached hydrogens (tertiary/aromatic N) is 2. The van der Waals surface area contributed by atoms with Crippen LogP contribution in [0.25, 0.3) is 0 Å². The molecule has 0 amide bonds. The fraction of sp³-hybridized carbons (Fsp3) is 0.714. The normalized spacial score (nSPS) is 11.9. The molecule has 4 heteroatoms. The number of hydrogen-bond donors (Lipinski definition) is 2. The van der Waals surface area contributed by atoms with Crippen molar-refractivity contribution in [3.63, 3.8) is 0 Å². The summed E-state index contributed by atoms with van der Waals surface area (Å²) in [6.45, 7) is 12.3. The van der Waals surface area contributed by atoms with Gasteiger partial charge in [0, 0.05) is 17.9 Å². The molecule has 0 aromatic carbocycles. The van der Waals surface area contributed by atoms with E-state index in [1.54, 1.807) is 0 Å². The highest BCUT2D eigenvalue weighted by Gasteiger charge is 2.21. The topological polar surface area (TPSA) is 63.8 Å². The van der Waals surface area contributed by atoms with Gasteiger partial charge in [-0.3, -0.25) is 0 Å². The number of rotatable bonds is 5. The summed E-state index contributed by atoms with van der Waals surface area (Å²) in [4.78, 5) is 9.14. The van der Waals surface area contributed by atoms with Crippen LogP contribution in [0.3, 0.4) is 0 Å². The Bertz CT molecular complexity index is 380. The minimum absolute atomic E-state index is 0.0115. The zero-order chi connectivity index (χ0) is 13.8. The molecule has 0 bridgehead atoms. The second-order valence-electron chi connectivity index (χ2n) is 5.96. The Morgan fingerprint density at radius 2 is 2.00 bits per heavy atom. The third kappa shape index (κ3) is 3.95. The minimum atomic E-state index is 0.0115. The number of nitrogens with one attached hydrogen (secondary N) is 1. The van der Waals surface area contributed by atoms with Crippen molar-refractivity contribution in [3.8, 4) is 0 Å². The lowest BCUT2D eigenvalue weighted by atomic mass is 9.90. The molecule has 1 aromatic rings. The van der Waals surface area contributed by atoms with Crippen LogP contribution in [-0.4, -0.2) is 23.1 Å². The molecule has 102 valence electrons. The third-order valence-electron chi connectivity index (χ3n) is 2.73. The highest BCUT2D eigenvalue weighted by molar-refractivity contribution is 5.49. The molecule has 0 atom stereocenters. The first-order valence-corrected chi connectivity index (χ1v) is 6.67. The summed E-state index contributed by atoms with van der Waals surface area (Å²) in [5.41, 5.74) is 7.63. The second-order valence-corrected chi connectivity index (χ2v) is 5.96. The van der Waals surface area contributed by atoms with E-state index < -0.39 is 0 Å². The van der Waals surface area contributed by atoms with Gasteiger partial charge in [-0.05, 0) is 13.0 Å². The van der Waals surface area contributed by atoms with Crippen molar-refractivity contribution in [1.29, 1.82) is 0 Å². The van der Waals surface area contributed by atoms with Crippen LogP contribution in [0.4, 0.5) is 5.69 Å². The summed E-state index contributed by atoms with van der Waals surface area (Å²) in [6.07, 6.45) is 2.86. The Balaban J connectivity index is 3.02. The molecule has 0 aliphatic rings. The van der Waals surface area contributed by atoms with Crippen molar-refractivity contribution in [1.82, 2.24) is 9.97 Å². The van der Waals surface area contributed by atoms with Crippen LogP contribution in [0.15, 0.2) is 6.20 Å². The fourth-order valence-corrected chi connectivity index (χ4v) is 1.70. The monoisotopic (exact) mass is 250 g/mol. The van der Waals surface area contributed by atoms with Gasteiger partial charge in [-0.25, -0.2) is 9.97 Å². The summed E-state index contributed by atoms with van der Waals surface area (Å²) in [5.74, 6) is 1.26. The Labute approximate surface area is 110 Å². The van der Waals surface area contributed by atoms with Gasteiger partial charge in [-0.1, -0.05) is 34.6 Å². The quantitative estimate of drug-likeness (QED) is 0.789. The molecule has 1 aromatic heterocycles. The van der Waals surface area contributed by atoms with Crippen molar-refractivity contribution < 1.29 is 0 Å². The Morgan fingerprint density at radius 3 is 2.50 bits per heavy atom. The highest BCUT2D eigenvalue weighted by Crippen LogP contribution is 2.28. The van der Waals surface area contributed by atoms with E-state index in [1.807, 2.05) is 6.20 Å². The van der Waals surface area contributed by atoms with Crippen molar-refractivity contribution in [2.75, 3.05) is 18.4 Å². The van der Waals surface area contributed by atoms with Gasteiger partial charge in [0.25, 0.3) is 0 Å². The smallest absolute Gasteiger partial charge is 0.131 e. The lowest BCUT2D eigenvalue weighted by Crippen LogP contribution is -2.20. The molecule has 1 rings (SSSR count). The summed E-state index contributed by atoms with van der Waals surface area (Å²) >= 11 is 0. The van der Waals surface area contributed by atoms with E-state index in [9.17, 15) is 0 Å². The van der Waals surface area contributed by atoms with Gasteiger partial charge < -0.3 is 11.1 Å².